The lowest BCUT2D eigenvalue weighted by atomic mass is 9.98. The Morgan fingerprint density at radius 2 is 1.78 bits per heavy atom. The normalized spacial score (nSPS) is 23.8. The van der Waals surface area contributed by atoms with Crippen molar-refractivity contribution < 1.29 is 4.74 Å². The van der Waals surface area contributed by atoms with Crippen LogP contribution in [0.3, 0.4) is 0 Å². The Balaban J connectivity index is 1.47. The van der Waals surface area contributed by atoms with Gasteiger partial charge in [-0.05, 0) is 57.2 Å². The van der Waals surface area contributed by atoms with Crippen molar-refractivity contribution in [1.29, 1.82) is 0 Å². The van der Waals surface area contributed by atoms with E-state index < -0.39 is 0 Å². The topological polar surface area (TPSA) is 24.5 Å². The van der Waals surface area contributed by atoms with E-state index in [0.29, 0.717) is 0 Å². The van der Waals surface area contributed by atoms with E-state index >= 15 is 0 Å². The minimum Gasteiger partial charge on any atom is -0.384 e. The SMILES string of the molecule is COCC1CCN(CCNCC2CCCC2)CC1. The second-order valence-corrected chi connectivity index (χ2v) is 6.09. The Hall–Kier alpha value is -0.120. The number of piperidine rings is 1. The van der Waals surface area contributed by atoms with E-state index in [-0.39, 0.29) is 0 Å². The average molecular weight is 254 g/mol. The molecule has 2 rings (SSSR count). The van der Waals surface area contributed by atoms with Crippen molar-refractivity contribution in [2.24, 2.45) is 11.8 Å². The summed E-state index contributed by atoms with van der Waals surface area (Å²) in [7, 11) is 1.82. The molecule has 3 heteroatoms. The third kappa shape index (κ3) is 4.87. The number of ether oxygens (including phenoxy) is 1. The summed E-state index contributed by atoms with van der Waals surface area (Å²) in [5, 5.41) is 3.64. The molecule has 0 amide bonds. The predicted molar refractivity (Wildman–Crippen MR) is 75.9 cm³/mol. The maximum absolute atomic E-state index is 5.24. The molecule has 1 saturated heterocycles. The van der Waals surface area contributed by atoms with Gasteiger partial charge in [0.2, 0.25) is 0 Å². The van der Waals surface area contributed by atoms with E-state index in [0.717, 1.165) is 18.4 Å². The first-order valence-electron chi connectivity index (χ1n) is 7.80. The van der Waals surface area contributed by atoms with Crippen molar-refractivity contribution in [2.75, 3.05) is 46.4 Å². The molecule has 1 N–H and O–H groups in total. The summed E-state index contributed by atoms with van der Waals surface area (Å²) in [6, 6.07) is 0. The lowest BCUT2D eigenvalue weighted by molar-refractivity contribution is 0.0998. The van der Waals surface area contributed by atoms with Crippen LogP contribution in [0.15, 0.2) is 0 Å². The van der Waals surface area contributed by atoms with E-state index in [9.17, 15) is 0 Å². The van der Waals surface area contributed by atoms with Crippen LogP contribution in [-0.2, 0) is 4.74 Å². The molecular formula is C15H30N2O. The third-order valence-corrected chi connectivity index (χ3v) is 4.62. The number of nitrogens with zero attached hydrogens (tertiary/aromatic N) is 1. The summed E-state index contributed by atoms with van der Waals surface area (Å²) in [5.74, 6) is 1.77. The molecule has 1 aliphatic heterocycles. The highest BCUT2D eigenvalue weighted by Crippen LogP contribution is 2.23. The monoisotopic (exact) mass is 254 g/mol. The van der Waals surface area contributed by atoms with Crippen LogP contribution in [0.1, 0.15) is 38.5 Å². The molecule has 18 heavy (non-hydrogen) atoms. The summed E-state index contributed by atoms with van der Waals surface area (Å²) in [6.07, 6.45) is 8.45. The maximum atomic E-state index is 5.24. The summed E-state index contributed by atoms with van der Waals surface area (Å²) in [4.78, 5) is 2.60. The number of hydrogen-bond acceptors (Lipinski definition) is 3. The molecule has 0 spiro atoms. The van der Waals surface area contributed by atoms with Crippen molar-refractivity contribution in [3.05, 3.63) is 0 Å². The van der Waals surface area contributed by atoms with Gasteiger partial charge in [0, 0.05) is 26.8 Å². The van der Waals surface area contributed by atoms with Gasteiger partial charge in [0.25, 0.3) is 0 Å². The van der Waals surface area contributed by atoms with Gasteiger partial charge in [0.05, 0.1) is 0 Å². The zero-order valence-electron chi connectivity index (χ0n) is 12.0. The zero-order valence-corrected chi connectivity index (χ0v) is 12.0. The van der Waals surface area contributed by atoms with Gasteiger partial charge in [-0.1, -0.05) is 12.8 Å². The largest absolute Gasteiger partial charge is 0.384 e. The van der Waals surface area contributed by atoms with Crippen LogP contribution in [0.5, 0.6) is 0 Å². The smallest absolute Gasteiger partial charge is 0.0491 e. The fraction of sp³-hybridized carbons (Fsp3) is 1.00. The van der Waals surface area contributed by atoms with Crippen molar-refractivity contribution in [1.82, 2.24) is 10.2 Å². The lowest BCUT2D eigenvalue weighted by Gasteiger charge is -2.31. The van der Waals surface area contributed by atoms with Gasteiger partial charge in [0.1, 0.15) is 0 Å². The fourth-order valence-corrected chi connectivity index (χ4v) is 3.37. The van der Waals surface area contributed by atoms with E-state index in [1.807, 2.05) is 7.11 Å². The van der Waals surface area contributed by atoms with E-state index in [1.165, 1.54) is 71.2 Å². The van der Waals surface area contributed by atoms with Crippen LogP contribution >= 0.6 is 0 Å². The summed E-state index contributed by atoms with van der Waals surface area (Å²) >= 11 is 0. The highest BCUT2D eigenvalue weighted by molar-refractivity contribution is 4.73. The Morgan fingerprint density at radius 1 is 1.06 bits per heavy atom. The molecule has 3 nitrogen and oxygen atoms in total. The molecule has 0 atom stereocenters. The highest BCUT2D eigenvalue weighted by atomic mass is 16.5. The lowest BCUT2D eigenvalue weighted by Crippen LogP contribution is -2.39. The quantitative estimate of drug-likeness (QED) is 0.704. The summed E-state index contributed by atoms with van der Waals surface area (Å²) < 4.78 is 5.24. The standard InChI is InChI=1S/C15H30N2O/c1-18-13-15-6-9-17(10-7-15)11-8-16-12-14-4-2-3-5-14/h14-16H,2-13H2,1H3. The highest BCUT2D eigenvalue weighted by Gasteiger charge is 2.18. The van der Waals surface area contributed by atoms with Gasteiger partial charge in [-0.3, -0.25) is 0 Å². The predicted octanol–water partition coefficient (Wildman–Crippen LogP) is 2.12. The van der Waals surface area contributed by atoms with Crippen LogP contribution in [0.25, 0.3) is 0 Å². The van der Waals surface area contributed by atoms with Crippen LogP contribution in [0, 0.1) is 11.8 Å². The molecule has 0 bridgehead atoms. The molecule has 1 heterocycles. The molecule has 0 aromatic rings. The van der Waals surface area contributed by atoms with Crippen molar-refractivity contribution in [3.8, 4) is 0 Å². The summed E-state index contributed by atoms with van der Waals surface area (Å²) in [6.45, 7) is 7.13. The Morgan fingerprint density at radius 3 is 2.44 bits per heavy atom. The second-order valence-electron chi connectivity index (χ2n) is 6.09. The average Bonchev–Trinajstić information content (AvgIpc) is 2.90. The van der Waals surface area contributed by atoms with Gasteiger partial charge < -0.3 is 15.0 Å². The Bertz CT molecular complexity index is 209. The van der Waals surface area contributed by atoms with E-state index in [1.54, 1.807) is 0 Å². The van der Waals surface area contributed by atoms with Gasteiger partial charge in [0.15, 0.2) is 0 Å². The number of rotatable bonds is 7. The molecule has 106 valence electrons. The zero-order chi connectivity index (χ0) is 12.6. The number of hydrogen-bond donors (Lipinski definition) is 1. The molecule has 0 aromatic carbocycles. The molecule has 0 radical (unpaired) electrons. The minimum atomic E-state index is 0.803. The molecule has 1 saturated carbocycles. The van der Waals surface area contributed by atoms with Crippen LogP contribution in [0.2, 0.25) is 0 Å². The second kappa shape index (κ2) is 8.13. The van der Waals surface area contributed by atoms with Crippen molar-refractivity contribution >= 4 is 0 Å². The maximum Gasteiger partial charge on any atom is 0.0491 e. The Kier molecular flexibility index (Phi) is 6.46. The van der Waals surface area contributed by atoms with Gasteiger partial charge in [-0.2, -0.15) is 0 Å². The van der Waals surface area contributed by atoms with Crippen molar-refractivity contribution in [2.45, 2.75) is 38.5 Å². The summed E-state index contributed by atoms with van der Waals surface area (Å²) in [5.41, 5.74) is 0. The minimum absolute atomic E-state index is 0.803. The van der Waals surface area contributed by atoms with Gasteiger partial charge >= 0.3 is 0 Å². The van der Waals surface area contributed by atoms with Crippen LogP contribution < -0.4 is 5.32 Å². The molecular weight excluding hydrogens is 224 g/mol. The van der Waals surface area contributed by atoms with E-state index in [2.05, 4.69) is 10.2 Å². The van der Waals surface area contributed by atoms with Crippen LogP contribution in [-0.4, -0.2) is 51.3 Å². The Labute approximate surface area is 112 Å². The first kappa shape index (κ1) is 14.3. The van der Waals surface area contributed by atoms with Gasteiger partial charge in [-0.25, -0.2) is 0 Å². The number of methoxy groups -OCH3 is 1. The van der Waals surface area contributed by atoms with Crippen LogP contribution in [0.4, 0.5) is 0 Å². The fourth-order valence-electron chi connectivity index (χ4n) is 3.37. The van der Waals surface area contributed by atoms with Crippen molar-refractivity contribution in [3.63, 3.8) is 0 Å². The first-order chi connectivity index (χ1) is 8.88. The molecule has 1 aliphatic carbocycles. The van der Waals surface area contributed by atoms with Gasteiger partial charge in [-0.15, -0.1) is 0 Å². The third-order valence-electron chi connectivity index (χ3n) is 4.62. The molecule has 2 fully saturated rings. The molecule has 0 unspecified atom stereocenters. The molecule has 0 aromatic heterocycles. The first-order valence-corrected chi connectivity index (χ1v) is 7.80. The van der Waals surface area contributed by atoms with E-state index in [4.69, 9.17) is 4.74 Å². The number of likely N-dealkylation sites (tertiary alicyclic amines) is 1. The number of nitrogens with one attached hydrogen (secondary N) is 1. The molecule has 2 aliphatic rings.